The highest BCUT2D eigenvalue weighted by molar-refractivity contribution is 7.47. The summed E-state index contributed by atoms with van der Waals surface area (Å²) in [6.07, 6.45) is 80.6. The van der Waals surface area contributed by atoms with Crippen LogP contribution in [0.2, 0.25) is 0 Å². The summed E-state index contributed by atoms with van der Waals surface area (Å²) in [5.74, 6) is -0.802. The number of esters is 2. The number of likely N-dealkylation sites (N-methyl/N-ethyl adjacent to an activating group) is 1. The molecule has 1 N–H and O–H groups in total. The second-order valence-corrected chi connectivity index (χ2v) is 23.9. The zero-order chi connectivity index (χ0) is 57.0. The highest BCUT2D eigenvalue weighted by Gasteiger charge is 2.27. The molecule has 0 aliphatic carbocycles. The van der Waals surface area contributed by atoms with E-state index in [0.717, 1.165) is 96.3 Å². The van der Waals surface area contributed by atoms with Gasteiger partial charge in [-0.2, -0.15) is 0 Å². The van der Waals surface area contributed by atoms with Crippen LogP contribution in [0.5, 0.6) is 0 Å². The molecule has 0 saturated heterocycles. The Balaban J connectivity index is 4.15. The summed E-state index contributed by atoms with van der Waals surface area (Å²) in [6.45, 7) is 4.34. The fourth-order valence-corrected chi connectivity index (χ4v) is 9.48. The van der Waals surface area contributed by atoms with E-state index < -0.39 is 26.5 Å². The maximum atomic E-state index is 12.8. The molecule has 10 heteroatoms. The van der Waals surface area contributed by atoms with Crippen molar-refractivity contribution in [1.82, 2.24) is 0 Å². The number of nitrogens with zero attached hydrogens (tertiary/aromatic N) is 1. The van der Waals surface area contributed by atoms with Crippen molar-refractivity contribution >= 4 is 19.8 Å². The summed E-state index contributed by atoms with van der Waals surface area (Å²) in [5.41, 5.74) is 0. The van der Waals surface area contributed by atoms with Gasteiger partial charge in [0.1, 0.15) is 19.8 Å². The largest absolute Gasteiger partial charge is 0.472 e. The molecule has 0 saturated carbocycles. The van der Waals surface area contributed by atoms with E-state index in [1.807, 2.05) is 21.1 Å². The molecule has 0 bridgehead atoms. The molecule has 0 aromatic rings. The number of phosphoric acid groups is 1. The Morgan fingerprint density at radius 2 is 0.731 bits per heavy atom. The van der Waals surface area contributed by atoms with Crippen molar-refractivity contribution in [3.8, 4) is 0 Å². The quantitative estimate of drug-likeness (QED) is 0.0211. The second kappa shape index (κ2) is 58.6. The average Bonchev–Trinajstić information content (AvgIpc) is 3.41. The third-order valence-corrected chi connectivity index (χ3v) is 14.6. The van der Waals surface area contributed by atoms with Crippen molar-refractivity contribution < 1.29 is 42.1 Å². The molecular formula is C68H121NO8P+. The van der Waals surface area contributed by atoms with Crippen molar-refractivity contribution in [3.63, 3.8) is 0 Å². The monoisotopic (exact) mass is 1110 g/mol. The SMILES string of the molecule is CC/C=C\C/C=C\C/C=C\C/C=C\C/C=C\C/C=C\C/C=C\C/C=C\CCCCCCCCCCC(=O)OC(COC(=O)CCCCCCCCCCCCCCCCCCCCCCC)COP(=O)(O)OCC[N+](C)(C)C. The Labute approximate surface area is 481 Å². The molecule has 0 aromatic heterocycles. The van der Waals surface area contributed by atoms with E-state index in [2.05, 4.69) is 111 Å². The highest BCUT2D eigenvalue weighted by atomic mass is 31.2. The topological polar surface area (TPSA) is 108 Å². The Kier molecular flexibility index (Phi) is 56.3. The zero-order valence-electron chi connectivity index (χ0n) is 51.1. The van der Waals surface area contributed by atoms with Gasteiger partial charge in [-0.3, -0.25) is 18.6 Å². The molecule has 0 spiro atoms. The Hall–Kier alpha value is -3.07. The number of unbranched alkanes of at least 4 members (excludes halogenated alkanes) is 28. The van der Waals surface area contributed by atoms with Gasteiger partial charge in [-0.15, -0.1) is 0 Å². The standard InChI is InChI=1S/C68H120NO8P/c1-6-8-10-12-14-16-18-20-22-24-26-28-29-30-31-32-33-34-35-36-37-38-39-41-43-45-47-49-51-53-55-57-59-61-68(71)77-66(65-76-78(72,73)75-63-62-69(3,4)5)64-74-67(70)60-58-56-54-52-50-48-46-44-42-40-27-25-23-21-19-17-15-13-11-9-7-2/h8,10,14,16,20,22,26,28,30-31,33-34,36-37,39,41,66H,6-7,9,11-13,15,17-19,21,23-25,27,29,32,35,38,40,42-65H2,1-5H3/p+1/b10-8-,16-14-,22-20-,28-26-,31-30-,34-33-,37-36-,41-39-. The second-order valence-electron chi connectivity index (χ2n) is 22.4. The molecule has 0 aliphatic heterocycles. The minimum Gasteiger partial charge on any atom is -0.462 e. The van der Waals surface area contributed by atoms with Crippen LogP contribution in [-0.4, -0.2) is 74.9 Å². The highest BCUT2D eigenvalue weighted by Crippen LogP contribution is 2.43. The Bertz CT molecular complexity index is 1640. The predicted octanol–water partition coefficient (Wildman–Crippen LogP) is 20.4. The van der Waals surface area contributed by atoms with Gasteiger partial charge >= 0.3 is 19.8 Å². The molecule has 0 aromatic carbocycles. The molecule has 0 radical (unpaired) electrons. The van der Waals surface area contributed by atoms with Gasteiger partial charge in [0.15, 0.2) is 6.10 Å². The minimum absolute atomic E-state index is 0.0271. The molecule has 0 heterocycles. The summed E-state index contributed by atoms with van der Waals surface area (Å²) < 4.78 is 34.6. The van der Waals surface area contributed by atoms with Gasteiger partial charge in [0.25, 0.3) is 0 Å². The number of ether oxygens (including phenoxy) is 2. The van der Waals surface area contributed by atoms with Gasteiger partial charge in [-0.25, -0.2) is 4.57 Å². The molecule has 450 valence electrons. The maximum Gasteiger partial charge on any atom is 0.472 e. The lowest BCUT2D eigenvalue weighted by molar-refractivity contribution is -0.870. The first-order valence-corrected chi connectivity index (χ1v) is 33.5. The van der Waals surface area contributed by atoms with Gasteiger partial charge in [0, 0.05) is 12.8 Å². The van der Waals surface area contributed by atoms with Crippen LogP contribution >= 0.6 is 7.82 Å². The van der Waals surface area contributed by atoms with Gasteiger partial charge in [-0.1, -0.05) is 278 Å². The van der Waals surface area contributed by atoms with Crippen LogP contribution in [-0.2, 0) is 32.7 Å². The number of hydrogen-bond acceptors (Lipinski definition) is 7. The zero-order valence-corrected chi connectivity index (χ0v) is 52.0. The summed E-state index contributed by atoms with van der Waals surface area (Å²) >= 11 is 0. The molecule has 9 nitrogen and oxygen atoms in total. The molecule has 0 fully saturated rings. The lowest BCUT2D eigenvalue weighted by Gasteiger charge is -2.24. The summed E-state index contributed by atoms with van der Waals surface area (Å²) in [6, 6.07) is 0. The number of phosphoric ester groups is 1. The van der Waals surface area contributed by atoms with E-state index in [4.69, 9.17) is 18.5 Å². The van der Waals surface area contributed by atoms with Gasteiger partial charge in [-0.05, 0) is 77.0 Å². The number of carbonyl (C=O) groups is 2. The minimum atomic E-state index is -4.39. The number of rotatable bonds is 58. The van der Waals surface area contributed by atoms with Crippen LogP contribution in [0.1, 0.15) is 271 Å². The smallest absolute Gasteiger partial charge is 0.462 e. The van der Waals surface area contributed by atoms with Gasteiger partial charge < -0.3 is 18.9 Å². The van der Waals surface area contributed by atoms with Crippen molar-refractivity contribution in [1.29, 1.82) is 0 Å². The maximum absolute atomic E-state index is 12.8. The number of carbonyl (C=O) groups excluding carboxylic acids is 2. The number of hydrogen-bond donors (Lipinski definition) is 1. The van der Waals surface area contributed by atoms with Crippen molar-refractivity contribution in [2.75, 3.05) is 47.5 Å². The van der Waals surface area contributed by atoms with Crippen LogP contribution in [0.3, 0.4) is 0 Å². The van der Waals surface area contributed by atoms with Gasteiger partial charge in [0.05, 0.1) is 27.7 Å². The first kappa shape index (κ1) is 74.9. The van der Waals surface area contributed by atoms with Crippen LogP contribution in [0, 0.1) is 0 Å². The third kappa shape index (κ3) is 62.1. The molecule has 0 aliphatic rings. The molecular weight excluding hydrogens is 990 g/mol. The summed E-state index contributed by atoms with van der Waals surface area (Å²) in [4.78, 5) is 35.8. The molecule has 0 amide bonds. The molecule has 0 rings (SSSR count). The third-order valence-electron chi connectivity index (χ3n) is 13.6. The summed E-state index contributed by atoms with van der Waals surface area (Å²) in [5, 5.41) is 0. The average molecular weight is 1110 g/mol. The van der Waals surface area contributed by atoms with Crippen LogP contribution in [0.25, 0.3) is 0 Å². The normalized spacial score (nSPS) is 13.9. The number of allylic oxidation sites excluding steroid dienone is 16. The summed E-state index contributed by atoms with van der Waals surface area (Å²) in [7, 11) is 1.47. The lowest BCUT2D eigenvalue weighted by atomic mass is 10.0. The van der Waals surface area contributed by atoms with E-state index in [1.165, 1.54) is 141 Å². The molecule has 2 unspecified atom stereocenters. The molecule has 78 heavy (non-hydrogen) atoms. The van der Waals surface area contributed by atoms with Crippen LogP contribution in [0.15, 0.2) is 97.2 Å². The van der Waals surface area contributed by atoms with Crippen molar-refractivity contribution in [2.24, 2.45) is 0 Å². The van der Waals surface area contributed by atoms with E-state index in [1.54, 1.807) is 0 Å². The lowest BCUT2D eigenvalue weighted by Crippen LogP contribution is -2.37. The Morgan fingerprint density at radius 1 is 0.410 bits per heavy atom. The van der Waals surface area contributed by atoms with E-state index in [-0.39, 0.29) is 32.0 Å². The number of quaternary nitrogens is 1. The van der Waals surface area contributed by atoms with Gasteiger partial charge in [0.2, 0.25) is 0 Å². The van der Waals surface area contributed by atoms with E-state index in [0.29, 0.717) is 17.4 Å². The van der Waals surface area contributed by atoms with Crippen molar-refractivity contribution in [2.45, 2.75) is 277 Å². The van der Waals surface area contributed by atoms with Crippen LogP contribution in [0.4, 0.5) is 0 Å². The van der Waals surface area contributed by atoms with Crippen LogP contribution < -0.4 is 0 Å². The molecule has 2 atom stereocenters. The first-order valence-electron chi connectivity index (χ1n) is 32.0. The fourth-order valence-electron chi connectivity index (χ4n) is 8.74. The predicted molar refractivity (Wildman–Crippen MR) is 335 cm³/mol. The van der Waals surface area contributed by atoms with Crippen molar-refractivity contribution in [3.05, 3.63) is 97.2 Å². The fraction of sp³-hybridized carbons (Fsp3) is 0.735. The van der Waals surface area contributed by atoms with E-state index >= 15 is 0 Å². The Morgan fingerprint density at radius 3 is 1.09 bits per heavy atom. The first-order chi connectivity index (χ1) is 38.0. The van der Waals surface area contributed by atoms with E-state index in [9.17, 15) is 19.0 Å².